The fourth-order valence-electron chi connectivity index (χ4n) is 2.99. The van der Waals surface area contributed by atoms with E-state index in [1.165, 1.54) is 18.2 Å². The minimum atomic E-state index is -4.46. The SMILES string of the molecule is Cc1c(CNc2ccc(Br)cc2C(F)(F)F)n(C)c2ccc(F)cc12. The number of nitrogens with one attached hydrogen (secondary N) is 1. The molecular weight excluding hydrogens is 400 g/mol. The first kappa shape index (κ1) is 17.8. The van der Waals surface area contributed by atoms with Gasteiger partial charge in [0.25, 0.3) is 0 Å². The summed E-state index contributed by atoms with van der Waals surface area (Å²) < 4.78 is 55.4. The normalized spacial score (nSPS) is 12.0. The highest BCUT2D eigenvalue weighted by atomic mass is 79.9. The summed E-state index contributed by atoms with van der Waals surface area (Å²) in [5, 5.41) is 3.62. The highest BCUT2D eigenvalue weighted by Crippen LogP contribution is 2.37. The number of alkyl halides is 3. The van der Waals surface area contributed by atoms with Gasteiger partial charge in [0.05, 0.1) is 12.1 Å². The minimum Gasteiger partial charge on any atom is -0.379 e. The van der Waals surface area contributed by atoms with E-state index in [4.69, 9.17) is 0 Å². The van der Waals surface area contributed by atoms with E-state index >= 15 is 0 Å². The van der Waals surface area contributed by atoms with Crippen LogP contribution in [-0.4, -0.2) is 4.57 Å². The van der Waals surface area contributed by atoms with Gasteiger partial charge in [-0.05, 0) is 48.9 Å². The Hall–Kier alpha value is -2.02. The summed E-state index contributed by atoms with van der Waals surface area (Å²) in [5.41, 5.74) is 1.75. The largest absolute Gasteiger partial charge is 0.418 e. The van der Waals surface area contributed by atoms with E-state index in [2.05, 4.69) is 21.2 Å². The van der Waals surface area contributed by atoms with Gasteiger partial charge in [0.1, 0.15) is 5.82 Å². The molecule has 0 aliphatic heterocycles. The first-order valence-electron chi connectivity index (χ1n) is 7.52. The molecule has 0 saturated carbocycles. The topological polar surface area (TPSA) is 17.0 Å². The Kier molecular flexibility index (Phi) is 4.53. The molecular formula is C18H15BrF4N2. The standard InChI is InChI=1S/C18H15BrF4N2/c1-10-13-8-12(20)4-6-16(13)25(2)17(10)9-24-15-5-3-11(19)7-14(15)18(21,22)23/h3-8,24H,9H2,1-2H3. The zero-order valence-corrected chi connectivity index (χ0v) is 15.1. The van der Waals surface area contributed by atoms with Gasteiger partial charge >= 0.3 is 6.18 Å². The molecule has 0 spiro atoms. The van der Waals surface area contributed by atoms with Crippen molar-refractivity contribution in [3.8, 4) is 0 Å². The molecule has 2 aromatic carbocycles. The van der Waals surface area contributed by atoms with Crippen LogP contribution < -0.4 is 5.32 Å². The predicted octanol–water partition coefficient (Wildman–Crippen LogP) is 6.02. The third-order valence-corrected chi connectivity index (χ3v) is 4.79. The summed E-state index contributed by atoms with van der Waals surface area (Å²) in [4.78, 5) is 0. The molecule has 0 radical (unpaired) electrons. The van der Waals surface area contributed by atoms with Crippen LogP contribution in [0, 0.1) is 12.7 Å². The number of halogens is 5. The fraction of sp³-hybridized carbons (Fsp3) is 0.222. The van der Waals surface area contributed by atoms with E-state index in [1.807, 2.05) is 18.5 Å². The van der Waals surface area contributed by atoms with E-state index in [0.717, 1.165) is 28.2 Å². The molecule has 1 heterocycles. The number of nitrogens with zero attached hydrogens (tertiary/aromatic N) is 1. The number of benzene rings is 2. The molecule has 2 nitrogen and oxygen atoms in total. The fourth-order valence-corrected chi connectivity index (χ4v) is 3.35. The van der Waals surface area contributed by atoms with Crippen molar-refractivity contribution in [3.05, 3.63) is 63.5 Å². The summed E-state index contributed by atoms with van der Waals surface area (Å²) in [5.74, 6) is -0.340. The zero-order chi connectivity index (χ0) is 18.4. The molecule has 0 aliphatic carbocycles. The quantitative estimate of drug-likeness (QED) is 0.518. The molecule has 25 heavy (non-hydrogen) atoms. The number of hydrogen-bond acceptors (Lipinski definition) is 1. The van der Waals surface area contributed by atoms with Gasteiger partial charge in [-0.3, -0.25) is 0 Å². The average molecular weight is 415 g/mol. The van der Waals surface area contributed by atoms with Crippen molar-refractivity contribution < 1.29 is 17.6 Å². The number of hydrogen-bond donors (Lipinski definition) is 1. The summed E-state index contributed by atoms with van der Waals surface area (Å²) in [6.45, 7) is 2.04. The average Bonchev–Trinajstić information content (AvgIpc) is 2.76. The molecule has 1 N–H and O–H groups in total. The molecule has 0 amide bonds. The Morgan fingerprint density at radius 1 is 1.12 bits per heavy atom. The Bertz CT molecular complexity index is 944. The van der Waals surface area contributed by atoms with Crippen molar-refractivity contribution in [1.29, 1.82) is 0 Å². The van der Waals surface area contributed by atoms with E-state index in [9.17, 15) is 17.6 Å². The van der Waals surface area contributed by atoms with Crippen molar-refractivity contribution >= 4 is 32.5 Å². The van der Waals surface area contributed by atoms with Crippen molar-refractivity contribution in [1.82, 2.24) is 4.57 Å². The van der Waals surface area contributed by atoms with Crippen LogP contribution in [0.1, 0.15) is 16.8 Å². The van der Waals surface area contributed by atoms with Crippen molar-refractivity contribution in [2.75, 3.05) is 5.32 Å². The van der Waals surface area contributed by atoms with Gasteiger partial charge in [-0.15, -0.1) is 0 Å². The maximum absolute atomic E-state index is 13.5. The number of aromatic nitrogens is 1. The molecule has 3 aromatic rings. The summed E-state index contributed by atoms with van der Waals surface area (Å²) in [7, 11) is 1.82. The third-order valence-electron chi connectivity index (χ3n) is 4.30. The van der Waals surface area contributed by atoms with Crippen molar-refractivity contribution in [2.45, 2.75) is 19.6 Å². The van der Waals surface area contributed by atoms with Crippen LogP contribution in [0.3, 0.4) is 0 Å². The van der Waals surface area contributed by atoms with Crippen molar-refractivity contribution in [2.24, 2.45) is 7.05 Å². The highest BCUT2D eigenvalue weighted by molar-refractivity contribution is 9.10. The second-order valence-corrected chi connectivity index (χ2v) is 6.75. The number of anilines is 1. The van der Waals surface area contributed by atoms with Crippen LogP contribution in [0.15, 0.2) is 40.9 Å². The summed E-state index contributed by atoms with van der Waals surface area (Å²) in [6, 6.07) is 8.48. The molecule has 132 valence electrons. The molecule has 0 bridgehead atoms. The molecule has 3 rings (SSSR count). The Balaban J connectivity index is 1.97. The molecule has 0 fully saturated rings. The zero-order valence-electron chi connectivity index (χ0n) is 13.5. The van der Waals surface area contributed by atoms with Crippen LogP contribution in [0.2, 0.25) is 0 Å². The van der Waals surface area contributed by atoms with Gasteiger partial charge < -0.3 is 9.88 Å². The molecule has 0 unspecified atom stereocenters. The van der Waals surface area contributed by atoms with Gasteiger partial charge in [0.2, 0.25) is 0 Å². The maximum Gasteiger partial charge on any atom is 0.418 e. The van der Waals surface area contributed by atoms with E-state index in [0.29, 0.717) is 4.47 Å². The number of rotatable bonds is 3. The van der Waals surface area contributed by atoms with E-state index in [1.54, 1.807) is 12.1 Å². The van der Waals surface area contributed by atoms with Crippen LogP contribution in [-0.2, 0) is 19.8 Å². The van der Waals surface area contributed by atoms with Gasteiger partial charge in [-0.2, -0.15) is 13.2 Å². The maximum atomic E-state index is 13.5. The van der Waals surface area contributed by atoms with Gasteiger partial charge in [0, 0.05) is 33.8 Å². The molecule has 0 atom stereocenters. The van der Waals surface area contributed by atoms with Gasteiger partial charge in [-0.1, -0.05) is 15.9 Å². The molecule has 1 aromatic heterocycles. The third kappa shape index (κ3) is 3.38. The smallest absolute Gasteiger partial charge is 0.379 e. The van der Waals surface area contributed by atoms with Crippen LogP contribution in [0.25, 0.3) is 10.9 Å². The first-order chi connectivity index (χ1) is 11.7. The minimum absolute atomic E-state index is 0.00605. The van der Waals surface area contributed by atoms with E-state index in [-0.39, 0.29) is 18.0 Å². The summed E-state index contributed by atoms with van der Waals surface area (Å²) >= 11 is 3.07. The lowest BCUT2D eigenvalue weighted by molar-refractivity contribution is -0.137. The highest BCUT2D eigenvalue weighted by Gasteiger charge is 2.33. The second kappa shape index (κ2) is 6.37. The van der Waals surface area contributed by atoms with Crippen molar-refractivity contribution in [3.63, 3.8) is 0 Å². The monoisotopic (exact) mass is 414 g/mol. The van der Waals surface area contributed by atoms with Gasteiger partial charge in [-0.25, -0.2) is 4.39 Å². The predicted molar refractivity (Wildman–Crippen MR) is 94.1 cm³/mol. The number of aryl methyl sites for hydroxylation is 2. The Morgan fingerprint density at radius 2 is 1.84 bits per heavy atom. The first-order valence-corrected chi connectivity index (χ1v) is 8.32. The lowest BCUT2D eigenvalue weighted by Crippen LogP contribution is -2.12. The van der Waals surface area contributed by atoms with Crippen LogP contribution in [0.5, 0.6) is 0 Å². The molecule has 7 heteroatoms. The van der Waals surface area contributed by atoms with Crippen LogP contribution >= 0.6 is 15.9 Å². The second-order valence-electron chi connectivity index (χ2n) is 5.83. The summed E-state index contributed by atoms with van der Waals surface area (Å²) in [6.07, 6.45) is -4.46. The van der Waals surface area contributed by atoms with Crippen LogP contribution in [0.4, 0.5) is 23.2 Å². The Labute approximate surface area is 150 Å². The Morgan fingerprint density at radius 3 is 2.52 bits per heavy atom. The lowest BCUT2D eigenvalue weighted by Gasteiger charge is -2.16. The van der Waals surface area contributed by atoms with E-state index < -0.39 is 11.7 Å². The lowest BCUT2D eigenvalue weighted by atomic mass is 10.1. The number of fused-ring (bicyclic) bond motifs is 1. The van der Waals surface area contributed by atoms with Gasteiger partial charge in [0.15, 0.2) is 0 Å². The molecule has 0 saturated heterocycles. The molecule has 0 aliphatic rings.